The highest BCUT2D eigenvalue weighted by molar-refractivity contribution is 7.99. The van der Waals surface area contributed by atoms with E-state index in [9.17, 15) is 14.7 Å². The molecule has 3 atom stereocenters. The number of hydrogen-bond acceptors (Lipinski definition) is 5. The molecule has 0 radical (unpaired) electrons. The van der Waals surface area contributed by atoms with Crippen LogP contribution in [0.25, 0.3) is 0 Å². The van der Waals surface area contributed by atoms with Gasteiger partial charge in [0, 0.05) is 38.0 Å². The lowest BCUT2D eigenvalue weighted by Gasteiger charge is -2.23. The van der Waals surface area contributed by atoms with Crippen molar-refractivity contribution in [3.05, 3.63) is 12.2 Å². The Labute approximate surface area is 167 Å². The molecule has 152 valence electrons. The smallest absolute Gasteiger partial charge is 0.305 e. The lowest BCUT2D eigenvalue weighted by atomic mass is 10.00. The monoisotopic (exact) mass is 395 g/mol. The van der Waals surface area contributed by atoms with Gasteiger partial charge in [-0.2, -0.15) is 11.8 Å². The first kappa shape index (κ1) is 23.6. The van der Waals surface area contributed by atoms with Gasteiger partial charge in [-0.05, 0) is 24.5 Å². The molecule has 5 nitrogen and oxygen atoms in total. The Kier molecular flexibility index (Phi) is 12.0. The summed E-state index contributed by atoms with van der Waals surface area (Å²) in [5.41, 5.74) is 0. The van der Waals surface area contributed by atoms with Crippen molar-refractivity contribution in [2.45, 2.75) is 64.5 Å². The molecule has 6 heteroatoms. The third-order valence-corrected chi connectivity index (χ3v) is 5.64. The van der Waals surface area contributed by atoms with Crippen molar-refractivity contribution in [1.82, 2.24) is 4.90 Å². The fourth-order valence-electron chi connectivity index (χ4n) is 2.84. The highest BCUT2D eigenvalue weighted by atomic mass is 32.2. The molecule has 1 N–H and O–H groups in total. The van der Waals surface area contributed by atoms with Crippen LogP contribution in [-0.2, 0) is 14.3 Å². The van der Waals surface area contributed by atoms with E-state index in [1.807, 2.05) is 30.9 Å². The van der Waals surface area contributed by atoms with E-state index >= 15 is 0 Å². The third kappa shape index (κ3) is 9.34. The molecule has 0 aromatic carbocycles. The summed E-state index contributed by atoms with van der Waals surface area (Å²) in [5.74, 6) is 7.91. The van der Waals surface area contributed by atoms with Gasteiger partial charge in [-0.25, -0.2) is 0 Å². The molecule has 0 aromatic rings. The molecule has 27 heavy (non-hydrogen) atoms. The largest absolute Gasteiger partial charge is 0.469 e. The number of amides is 1. The van der Waals surface area contributed by atoms with Crippen LogP contribution < -0.4 is 0 Å². The summed E-state index contributed by atoms with van der Waals surface area (Å²) in [6.45, 7) is 4.70. The van der Waals surface area contributed by atoms with Crippen molar-refractivity contribution < 1.29 is 19.4 Å². The summed E-state index contributed by atoms with van der Waals surface area (Å²) >= 11 is 1.75. The van der Waals surface area contributed by atoms with E-state index in [-0.39, 0.29) is 23.8 Å². The van der Waals surface area contributed by atoms with Crippen LogP contribution >= 0.6 is 11.8 Å². The average Bonchev–Trinajstić information content (AvgIpc) is 3.02. The zero-order valence-corrected chi connectivity index (χ0v) is 17.6. The fourth-order valence-corrected chi connectivity index (χ4v) is 3.72. The summed E-state index contributed by atoms with van der Waals surface area (Å²) in [6.07, 6.45) is 7.36. The number of esters is 1. The minimum Gasteiger partial charge on any atom is -0.469 e. The molecule has 1 amide bonds. The minimum atomic E-state index is -0.540. The third-order valence-electron chi connectivity index (χ3n) is 4.59. The highest BCUT2D eigenvalue weighted by Crippen LogP contribution is 2.21. The number of methoxy groups -OCH3 is 1. The van der Waals surface area contributed by atoms with Crippen molar-refractivity contribution >= 4 is 23.6 Å². The van der Waals surface area contributed by atoms with Crippen molar-refractivity contribution in [1.29, 1.82) is 0 Å². The second-order valence-electron chi connectivity index (χ2n) is 6.75. The second kappa shape index (κ2) is 13.7. The van der Waals surface area contributed by atoms with Crippen molar-refractivity contribution in [3.8, 4) is 11.8 Å². The molecule has 1 aliphatic heterocycles. The number of ether oxygens (including phenoxy) is 1. The molecular weight excluding hydrogens is 362 g/mol. The molecular formula is C21H33NO4S. The van der Waals surface area contributed by atoms with E-state index in [0.717, 1.165) is 30.8 Å². The van der Waals surface area contributed by atoms with Gasteiger partial charge in [0.15, 0.2) is 0 Å². The lowest BCUT2D eigenvalue weighted by Crippen LogP contribution is -2.34. The van der Waals surface area contributed by atoms with Crippen LogP contribution in [0.3, 0.4) is 0 Å². The Morgan fingerprint density at radius 1 is 1.44 bits per heavy atom. The number of likely N-dealkylation sites (tertiary alicyclic amines) is 1. The van der Waals surface area contributed by atoms with Crippen LogP contribution in [-0.4, -0.2) is 59.2 Å². The first-order valence-corrected chi connectivity index (χ1v) is 10.9. The number of carbonyl (C=O) groups is 2. The number of carbonyl (C=O) groups excluding carboxylic acids is 2. The molecule has 1 rings (SSSR count). The minimum absolute atomic E-state index is 0.0664. The summed E-state index contributed by atoms with van der Waals surface area (Å²) in [7, 11) is 1.40. The van der Waals surface area contributed by atoms with Gasteiger partial charge in [0.1, 0.15) is 0 Å². The molecule has 1 unspecified atom stereocenters. The Bertz CT molecular complexity index is 552. The maximum absolute atomic E-state index is 12.1. The van der Waals surface area contributed by atoms with Gasteiger partial charge in [-0.3, -0.25) is 9.59 Å². The topological polar surface area (TPSA) is 66.8 Å². The lowest BCUT2D eigenvalue weighted by molar-refractivity contribution is -0.140. The van der Waals surface area contributed by atoms with E-state index in [1.54, 1.807) is 11.8 Å². The van der Waals surface area contributed by atoms with E-state index in [1.165, 1.54) is 7.11 Å². The molecule has 0 spiro atoms. The molecule has 0 bridgehead atoms. The maximum atomic E-state index is 12.1. The zero-order chi connectivity index (χ0) is 20.1. The van der Waals surface area contributed by atoms with E-state index in [0.29, 0.717) is 25.8 Å². The molecule has 1 saturated heterocycles. The Morgan fingerprint density at radius 3 is 2.93 bits per heavy atom. The van der Waals surface area contributed by atoms with Gasteiger partial charge in [-0.1, -0.05) is 26.0 Å². The number of aliphatic hydroxyl groups excluding tert-OH is 1. The van der Waals surface area contributed by atoms with Crippen LogP contribution in [0.5, 0.6) is 0 Å². The van der Waals surface area contributed by atoms with E-state index in [2.05, 4.69) is 16.6 Å². The predicted octanol–water partition coefficient (Wildman–Crippen LogP) is 3.02. The van der Waals surface area contributed by atoms with Crippen LogP contribution in [0.15, 0.2) is 12.2 Å². The zero-order valence-electron chi connectivity index (χ0n) is 16.8. The Hall–Kier alpha value is -1.45. The fraction of sp³-hybridized carbons (Fsp3) is 0.714. The van der Waals surface area contributed by atoms with Gasteiger partial charge in [0.25, 0.3) is 0 Å². The van der Waals surface area contributed by atoms with E-state index in [4.69, 9.17) is 0 Å². The number of thioether (sulfide) groups is 1. The van der Waals surface area contributed by atoms with Crippen molar-refractivity contribution in [2.24, 2.45) is 5.92 Å². The number of aliphatic hydroxyl groups is 1. The SMILES string of the molecule is CCC#CC[C@H](C)[C@H](O)C=CC1CCC(=O)N1CCSCCCC(=O)OC. The first-order valence-electron chi connectivity index (χ1n) is 9.75. The average molecular weight is 396 g/mol. The van der Waals surface area contributed by atoms with Crippen LogP contribution in [0.2, 0.25) is 0 Å². The van der Waals surface area contributed by atoms with Crippen molar-refractivity contribution in [3.63, 3.8) is 0 Å². The van der Waals surface area contributed by atoms with Gasteiger partial charge in [0.05, 0.1) is 19.3 Å². The maximum Gasteiger partial charge on any atom is 0.305 e. The number of hydrogen-bond donors (Lipinski definition) is 1. The summed E-state index contributed by atoms with van der Waals surface area (Å²) in [6, 6.07) is 0.0664. The molecule has 0 aliphatic carbocycles. The first-order chi connectivity index (χ1) is 13.0. The molecule has 0 aromatic heterocycles. The van der Waals surface area contributed by atoms with Gasteiger partial charge < -0.3 is 14.7 Å². The Morgan fingerprint density at radius 2 is 2.22 bits per heavy atom. The van der Waals surface area contributed by atoms with Crippen LogP contribution in [0, 0.1) is 17.8 Å². The number of rotatable bonds is 11. The normalized spacial score (nSPS) is 19.0. The summed E-state index contributed by atoms with van der Waals surface area (Å²) in [5, 5.41) is 10.3. The second-order valence-corrected chi connectivity index (χ2v) is 7.97. The van der Waals surface area contributed by atoms with Gasteiger partial charge in [-0.15, -0.1) is 11.8 Å². The number of nitrogens with zero attached hydrogens (tertiary/aromatic N) is 1. The standard InChI is InChI=1S/C21H33NO4S/c1-4-5-6-8-17(2)19(23)12-10-18-11-13-20(24)22(18)14-16-27-15-7-9-21(25)26-3/h10,12,17-19,23H,4,7-9,11,13-16H2,1-3H3/t17-,18?,19+/m0/s1. The van der Waals surface area contributed by atoms with Gasteiger partial charge in [0.2, 0.25) is 5.91 Å². The predicted molar refractivity (Wildman–Crippen MR) is 110 cm³/mol. The molecule has 1 fully saturated rings. The van der Waals surface area contributed by atoms with Gasteiger partial charge >= 0.3 is 5.97 Å². The molecule has 1 aliphatic rings. The Balaban J connectivity index is 2.37. The van der Waals surface area contributed by atoms with Crippen LogP contribution in [0.4, 0.5) is 0 Å². The quantitative estimate of drug-likeness (QED) is 0.252. The highest BCUT2D eigenvalue weighted by Gasteiger charge is 2.28. The summed E-state index contributed by atoms with van der Waals surface area (Å²) in [4.78, 5) is 25.1. The molecule has 0 saturated carbocycles. The van der Waals surface area contributed by atoms with Crippen LogP contribution in [0.1, 0.15) is 52.4 Å². The van der Waals surface area contributed by atoms with Crippen molar-refractivity contribution in [2.75, 3.05) is 25.2 Å². The van der Waals surface area contributed by atoms with E-state index < -0.39 is 6.10 Å². The molecule has 1 heterocycles. The summed E-state index contributed by atoms with van der Waals surface area (Å²) < 4.78 is 4.62.